The Morgan fingerprint density at radius 2 is 1.67 bits per heavy atom. The van der Waals surface area contributed by atoms with Gasteiger partial charge in [0.15, 0.2) is 0 Å². The molecular formula is C18H27N5O. The summed E-state index contributed by atoms with van der Waals surface area (Å²) in [7, 11) is 0. The third-order valence-corrected chi connectivity index (χ3v) is 6.88. The number of amides is 1. The molecule has 6 rings (SSSR count). The Bertz CT molecular complexity index is 593. The number of piperidine rings is 1. The highest BCUT2D eigenvalue weighted by molar-refractivity contribution is 5.91. The first-order chi connectivity index (χ1) is 11.8. The molecule has 4 saturated carbocycles. The van der Waals surface area contributed by atoms with E-state index in [4.69, 9.17) is 0 Å². The Kier molecular flexibility index (Phi) is 3.52. The van der Waals surface area contributed by atoms with E-state index in [0.29, 0.717) is 17.8 Å². The van der Waals surface area contributed by atoms with Crippen LogP contribution in [0.4, 0.5) is 11.9 Å². The molecule has 1 aromatic heterocycles. The van der Waals surface area contributed by atoms with Crippen molar-refractivity contribution in [2.24, 2.45) is 29.6 Å². The van der Waals surface area contributed by atoms with Crippen LogP contribution in [0, 0.1) is 29.6 Å². The normalized spacial score (nSPS) is 37.7. The Labute approximate surface area is 142 Å². The number of carbonyl (C=O) groups is 1. The molecule has 1 aromatic rings. The molecule has 0 unspecified atom stereocenters. The standard InChI is InChI=1S/C18H27N5O/c24-16(15-13-7-11-6-12(9-13)10-14(15)8-11)19-17-20-18(22-21-17)23-4-2-1-3-5-23/h11-15H,1-10H2,(H2,19,20,21,22,24). The van der Waals surface area contributed by atoms with Gasteiger partial charge in [-0.25, -0.2) is 5.10 Å². The van der Waals surface area contributed by atoms with E-state index in [-0.39, 0.29) is 11.8 Å². The summed E-state index contributed by atoms with van der Waals surface area (Å²) in [5, 5.41) is 10.3. The van der Waals surface area contributed by atoms with Crippen LogP contribution in [0.5, 0.6) is 0 Å². The van der Waals surface area contributed by atoms with Crippen LogP contribution in [-0.4, -0.2) is 34.2 Å². The quantitative estimate of drug-likeness (QED) is 0.894. The molecule has 0 radical (unpaired) electrons. The molecule has 6 heteroatoms. The summed E-state index contributed by atoms with van der Waals surface area (Å²) < 4.78 is 0. The van der Waals surface area contributed by atoms with Gasteiger partial charge in [-0.1, -0.05) is 0 Å². The van der Waals surface area contributed by atoms with E-state index in [0.717, 1.165) is 30.9 Å². The minimum Gasteiger partial charge on any atom is -0.340 e. The minimum atomic E-state index is 0.171. The van der Waals surface area contributed by atoms with Gasteiger partial charge >= 0.3 is 0 Å². The van der Waals surface area contributed by atoms with Crippen molar-refractivity contribution in [3.05, 3.63) is 0 Å². The number of hydrogen-bond acceptors (Lipinski definition) is 4. The summed E-state index contributed by atoms with van der Waals surface area (Å²) in [5.74, 6) is 4.62. The predicted octanol–water partition coefficient (Wildman–Crippen LogP) is 2.81. The van der Waals surface area contributed by atoms with Crippen LogP contribution in [0.3, 0.4) is 0 Å². The van der Waals surface area contributed by atoms with E-state index < -0.39 is 0 Å². The highest BCUT2D eigenvalue weighted by atomic mass is 16.2. The van der Waals surface area contributed by atoms with E-state index in [1.54, 1.807) is 0 Å². The lowest BCUT2D eigenvalue weighted by atomic mass is 9.51. The number of nitrogens with zero attached hydrogens (tertiary/aromatic N) is 3. The molecule has 1 amide bonds. The summed E-state index contributed by atoms with van der Waals surface area (Å²) in [6, 6.07) is 0. The highest BCUT2D eigenvalue weighted by Gasteiger charge is 2.50. The zero-order valence-corrected chi connectivity index (χ0v) is 14.2. The molecule has 5 aliphatic rings. The number of hydrogen-bond donors (Lipinski definition) is 2. The van der Waals surface area contributed by atoms with Crippen molar-refractivity contribution in [2.75, 3.05) is 23.3 Å². The second kappa shape index (κ2) is 5.74. The van der Waals surface area contributed by atoms with Crippen molar-refractivity contribution in [2.45, 2.75) is 51.4 Å². The van der Waals surface area contributed by atoms with Gasteiger partial charge in [-0.2, -0.15) is 4.98 Å². The van der Waals surface area contributed by atoms with E-state index in [2.05, 4.69) is 25.4 Å². The Hall–Kier alpha value is -1.59. The summed E-state index contributed by atoms with van der Waals surface area (Å²) in [6.07, 6.45) is 10.2. The van der Waals surface area contributed by atoms with Gasteiger partial charge in [0.2, 0.25) is 17.8 Å². The Morgan fingerprint density at radius 3 is 2.33 bits per heavy atom. The van der Waals surface area contributed by atoms with Crippen molar-refractivity contribution in [3.63, 3.8) is 0 Å². The van der Waals surface area contributed by atoms with Crippen LogP contribution in [0.2, 0.25) is 0 Å². The van der Waals surface area contributed by atoms with Crippen LogP contribution < -0.4 is 10.2 Å². The van der Waals surface area contributed by atoms with Gasteiger partial charge in [0.1, 0.15) is 0 Å². The van der Waals surface area contributed by atoms with Gasteiger partial charge < -0.3 is 4.90 Å². The maximum atomic E-state index is 12.9. The second-order valence-corrected chi connectivity index (χ2v) is 8.48. The number of anilines is 2. The fraction of sp³-hybridized carbons (Fsp3) is 0.833. The third-order valence-electron chi connectivity index (χ3n) is 6.88. The van der Waals surface area contributed by atoms with Crippen molar-refractivity contribution in [1.82, 2.24) is 15.2 Å². The van der Waals surface area contributed by atoms with Gasteiger partial charge in [-0.15, -0.1) is 5.10 Å². The van der Waals surface area contributed by atoms with Gasteiger partial charge in [-0.3, -0.25) is 10.1 Å². The fourth-order valence-electron chi connectivity index (χ4n) is 6.10. The maximum absolute atomic E-state index is 12.9. The van der Waals surface area contributed by atoms with Crippen molar-refractivity contribution in [3.8, 4) is 0 Å². The van der Waals surface area contributed by atoms with Gasteiger partial charge in [0.25, 0.3) is 0 Å². The number of aromatic nitrogens is 3. The fourth-order valence-corrected chi connectivity index (χ4v) is 6.10. The molecule has 6 nitrogen and oxygen atoms in total. The molecule has 2 heterocycles. The van der Waals surface area contributed by atoms with Crippen LogP contribution in [0.1, 0.15) is 51.4 Å². The largest absolute Gasteiger partial charge is 0.340 e. The average Bonchev–Trinajstić information content (AvgIpc) is 3.03. The van der Waals surface area contributed by atoms with Gasteiger partial charge in [0.05, 0.1) is 0 Å². The molecular weight excluding hydrogens is 302 g/mol. The number of H-pyrrole nitrogens is 1. The molecule has 130 valence electrons. The van der Waals surface area contributed by atoms with E-state index >= 15 is 0 Å². The average molecular weight is 329 g/mol. The molecule has 24 heavy (non-hydrogen) atoms. The zero-order chi connectivity index (χ0) is 16.1. The SMILES string of the molecule is O=C(Nc1nc(N2CCCCC2)n[nH]1)C1C2CC3CC(C2)CC1C3. The molecule has 1 saturated heterocycles. The first-order valence-electron chi connectivity index (χ1n) is 9.74. The first kappa shape index (κ1) is 14.7. The van der Waals surface area contributed by atoms with Gasteiger partial charge in [0, 0.05) is 19.0 Å². The molecule has 0 spiro atoms. The van der Waals surface area contributed by atoms with Crippen molar-refractivity contribution < 1.29 is 4.79 Å². The molecule has 0 aromatic carbocycles. The highest BCUT2D eigenvalue weighted by Crippen LogP contribution is 2.56. The number of rotatable bonds is 3. The zero-order valence-electron chi connectivity index (χ0n) is 14.2. The topological polar surface area (TPSA) is 73.9 Å². The molecule has 0 atom stereocenters. The lowest BCUT2D eigenvalue weighted by molar-refractivity contribution is -0.132. The second-order valence-electron chi connectivity index (χ2n) is 8.48. The molecule has 5 fully saturated rings. The van der Waals surface area contributed by atoms with Crippen LogP contribution in [0.15, 0.2) is 0 Å². The van der Waals surface area contributed by atoms with E-state index in [1.807, 2.05) is 0 Å². The lowest BCUT2D eigenvalue weighted by Crippen LogP contribution is -2.49. The predicted molar refractivity (Wildman–Crippen MR) is 91.6 cm³/mol. The molecule has 1 aliphatic heterocycles. The molecule has 2 N–H and O–H groups in total. The van der Waals surface area contributed by atoms with Crippen molar-refractivity contribution >= 4 is 17.8 Å². The minimum absolute atomic E-state index is 0.171. The summed E-state index contributed by atoms with van der Waals surface area (Å²) in [4.78, 5) is 19.6. The lowest BCUT2D eigenvalue weighted by Gasteiger charge is -2.53. The number of carbonyl (C=O) groups excluding carboxylic acids is 1. The third kappa shape index (κ3) is 2.50. The van der Waals surface area contributed by atoms with Gasteiger partial charge in [-0.05, 0) is 75.0 Å². The van der Waals surface area contributed by atoms with Crippen LogP contribution in [-0.2, 0) is 4.79 Å². The van der Waals surface area contributed by atoms with Crippen molar-refractivity contribution in [1.29, 1.82) is 0 Å². The summed E-state index contributed by atoms with van der Waals surface area (Å²) >= 11 is 0. The molecule has 4 aliphatic carbocycles. The van der Waals surface area contributed by atoms with E-state index in [9.17, 15) is 4.79 Å². The number of aromatic amines is 1. The monoisotopic (exact) mass is 329 g/mol. The maximum Gasteiger partial charge on any atom is 0.246 e. The first-order valence-corrected chi connectivity index (χ1v) is 9.74. The van der Waals surface area contributed by atoms with Crippen LogP contribution >= 0.6 is 0 Å². The smallest absolute Gasteiger partial charge is 0.246 e. The number of nitrogens with one attached hydrogen (secondary N) is 2. The van der Waals surface area contributed by atoms with Crippen LogP contribution in [0.25, 0.3) is 0 Å². The Balaban J connectivity index is 1.26. The summed E-state index contributed by atoms with van der Waals surface area (Å²) in [6.45, 7) is 2.03. The molecule has 4 bridgehead atoms. The summed E-state index contributed by atoms with van der Waals surface area (Å²) in [5.41, 5.74) is 0. The Morgan fingerprint density at radius 1 is 1.00 bits per heavy atom. The van der Waals surface area contributed by atoms with E-state index in [1.165, 1.54) is 51.4 Å².